The van der Waals surface area contributed by atoms with E-state index in [1.54, 1.807) is 25.5 Å². The van der Waals surface area contributed by atoms with Gasteiger partial charge in [-0.1, -0.05) is 6.07 Å². The Morgan fingerprint density at radius 1 is 1.38 bits per heavy atom. The van der Waals surface area contributed by atoms with Crippen LogP contribution in [0.2, 0.25) is 0 Å². The van der Waals surface area contributed by atoms with Crippen molar-refractivity contribution in [1.82, 2.24) is 9.55 Å². The van der Waals surface area contributed by atoms with Crippen LogP contribution >= 0.6 is 0 Å². The first-order chi connectivity index (χ1) is 9.99. The molecule has 0 spiro atoms. The smallest absolute Gasteiger partial charge is 0.360 e. The van der Waals surface area contributed by atoms with E-state index in [9.17, 15) is 4.79 Å². The van der Waals surface area contributed by atoms with Crippen LogP contribution in [0.3, 0.4) is 0 Å². The van der Waals surface area contributed by atoms with Gasteiger partial charge in [0.05, 0.1) is 19.4 Å². The number of carbonyl (C=O) groups is 1. The summed E-state index contributed by atoms with van der Waals surface area (Å²) in [5.74, 6) is 0.973. The van der Waals surface area contributed by atoms with Crippen LogP contribution in [0.4, 0.5) is 5.82 Å². The number of benzene rings is 1. The van der Waals surface area contributed by atoms with E-state index in [0.717, 1.165) is 11.3 Å². The highest BCUT2D eigenvalue weighted by molar-refractivity contribution is 5.92. The predicted molar refractivity (Wildman–Crippen MR) is 80.0 cm³/mol. The van der Waals surface area contributed by atoms with Crippen LogP contribution in [0.25, 0.3) is 5.69 Å². The number of anilines is 1. The SMILES string of the molecule is CCOC(=O)c1nc(C)n(-c2cc(C)ccc2OC)c1N. The molecule has 1 aromatic carbocycles. The summed E-state index contributed by atoms with van der Waals surface area (Å²) in [4.78, 5) is 16.1. The number of methoxy groups -OCH3 is 1. The molecule has 6 heteroatoms. The van der Waals surface area contributed by atoms with Gasteiger partial charge in [0.25, 0.3) is 0 Å². The molecule has 1 heterocycles. The number of ether oxygens (including phenoxy) is 2. The number of aryl methyl sites for hydroxylation is 2. The number of imidazole rings is 1. The number of rotatable bonds is 4. The number of hydrogen-bond acceptors (Lipinski definition) is 5. The lowest BCUT2D eigenvalue weighted by Crippen LogP contribution is -2.10. The zero-order valence-corrected chi connectivity index (χ0v) is 12.6. The van der Waals surface area contributed by atoms with Crippen molar-refractivity contribution in [2.45, 2.75) is 20.8 Å². The fraction of sp³-hybridized carbons (Fsp3) is 0.333. The molecule has 0 unspecified atom stereocenters. The lowest BCUT2D eigenvalue weighted by atomic mass is 10.2. The van der Waals surface area contributed by atoms with Gasteiger partial charge in [0.2, 0.25) is 0 Å². The summed E-state index contributed by atoms with van der Waals surface area (Å²) in [7, 11) is 1.59. The van der Waals surface area contributed by atoms with Gasteiger partial charge in [-0.25, -0.2) is 9.78 Å². The molecule has 0 amide bonds. The lowest BCUT2D eigenvalue weighted by molar-refractivity contribution is 0.0521. The van der Waals surface area contributed by atoms with E-state index in [-0.39, 0.29) is 18.1 Å². The normalized spacial score (nSPS) is 10.5. The van der Waals surface area contributed by atoms with Crippen LogP contribution in [0.1, 0.15) is 28.8 Å². The predicted octanol–water partition coefficient (Wildman–Crippen LogP) is 2.26. The largest absolute Gasteiger partial charge is 0.495 e. The molecular formula is C15H19N3O3. The maximum atomic E-state index is 11.9. The molecule has 0 aliphatic heterocycles. The van der Waals surface area contributed by atoms with E-state index in [2.05, 4.69) is 4.98 Å². The first-order valence-electron chi connectivity index (χ1n) is 6.66. The molecule has 1 aromatic heterocycles. The molecule has 0 radical (unpaired) electrons. The van der Waals surface area contributed by atoms with Gasteiger partial charge in [-0.15, -0.1) is 0 Å². The van der Waals surface area contributed by atoms with Crippen molar-refractivity contribution in [3.8, 4) is 11.4 Å². The Bertz CT molecular complexity index is 677. The van der Waals surface area contributed by atoms with Crippen molar-refractivity contribution < 1.29 is 14.3 Å². The Labute approximate surface area is 123 Å². The third kappa shape index (κ3) is 2.69. The highest BCUT2D eigenvalue weighted by Crippen LogP contribution is 2.29. The highest BCUT2D eigenvalue weighted by Gasteiger charge is 2.22. The Morgan fingerprint density at radius 2 is 2.10 bits per heavy atom. The minimum Gasteiger partial charge on any atom is -0.495 e. The molecule has 0 atom stereocenters. The molecule has 2 aromatic rings. The number of hydrogen-bond donors (Lipinski definition) is 1. The molecule has 2 rings (SSSR count). The average Bonchev–Trinajstić information content (AvgIpc) is 2.74. The third-order valence-electron chi connectivity index (χ3n) is 3.12. The Morgan fingerprint density at radius 3 is 2.71 bits per heavy atom. The van der Waals surface area contributed by atoms with Crippen LogP contribution < -0.4 is 10.5 Å². The summed E-state index contributed by atoms with van der Waals surface area (Å²) >= 11 is 0. The Hall–Kier alpha value is -2.50. The molecule has 0 saturated heterocycles. The molecule has 0 fully saturated rings. The van der Waals surface area contributed by atoms with Crippen LogP contribution in [0.15, 0.2) is 18.2 Å². The van der Waals surface area contributed by atoms with Gasteiger partial charge >= 0.3 is 5.97 Å². The molecule has 112 valence electrons. The summed E-state index contributed by atoms with van der Waals surface area (Å²) in [6.45, 7) is 5.76. The molecule has 21 heavy (non-hydrogen) atoms. The van der Waals surface area contributed by atoms with Gasteiger partial charge in [-0.3, -0.25) is 4.57 Å². The monoisotopic (exact) mass is 289 g/mol. The maximum absolute atomic E-state index is 11.9. The number of nitrogen functional groups attached to an aromatic ring is 1. The summed E-state index contributed by atoms with van der Waals surface area (Å²) < 4.78 is 12.0. The van der Waals surface area contributed by atoms with Gasteiger partial charge in [-0.2, -0.15) is 0 Å². The van der Waals surface area contributed by atoms with Gasteiger partial charge in [0.15, 0.2) is 5.69 Å². The van der Waals surface area contributed by atoms with E-state index in [1.807, 2.05) is 25.1 Å². The Kier molecular flexibility index (Phi) is 4.16. The molecule has 0 aliphatic carbocycles. The molecular weight excluding hydrogens is 270 g/mol. The fourth-order valence-electron chi connectivity index (χ4n) is 2.18. The number of aromatic nitrogens is 2. The first kappa shape index (κ1) is 14.9. The molecule has 0 bridgehead atoms. The number of nitrogens with two attached hydrogens (primary N) is 1. The quantitative estimate of drug-likeness (QED) is 0.873. The second kappa shape index (κ2) is 5.87. The van der Waals surface area contributed by atoms with E-state index in [0.29, 0.717) is 11.6 Å². The van der Waals surface area contributed by atoms with E-state index >= 15 is 0 Å². The summed E-state index contributed by atoms with van der Waals surface area (Å²) in [5, 5.41) is 0. The highest BCUT2D eigenvalue weighted by atomic mass is 16.5. The standard InChI is InChI=1S/C15H19N3O3/c1-5-21-15(19)13-14(16)18(10(3)17-13)11-8-9(2)6-7-12(11)20-4/h6-8H,5,16H2,1-4H3. The van der Waals surface area contributed by atoms with Gasteiger partial charge in [0, 0.05) is 0 Å². The minimum atomic E-state index is -0.525. The first-order valence-corrected chi connectivity index (χ1v) is 6.66. The number of carbonyl (C=O) groups excluding carboxylic acids is 1. The van der Waals surface area contributed by atoms with Crippen LogP contribution in [0, 0.1) is 13.8 Å². The van der Waals surface area contributed by atoms with Crippen molar-refractivity contribution in [3.05, 3.63) is 35.3 Å². The van der Waals surface area contributed by atoms with Crippen LogP contribution in [-0.2, 0) is 4.74 Å². The summed E-state index contributed by atoms with van der Waals surface area (Å²) in [6, 6.07) is 5.73. The van der Waals surface area contributed by atoms with Crippen LogP contribution in [0.5, 0.6) is 5.75 Å². The number of esters is 1. The lowest BCUT2D eigenvalue weighted by Gasteiger charge is -2.13. The second-order valence-electron chi connectivity index (χ2n) is 4.62. The van der Waals surface area contributed by atoms with Crippen molar-refractivity contribution in [2.75, 3.05) is 19.5 Å². The van der Waals surface area contributed by atoms with Crippen molar-refractivity contribution in [1.29, 1.82) is 0 Å². The summed E-state index contributed by atoms with van der Waals surface area (Å²) in [6.07, 6.45) is 0. The third-order valence-corrected chi connectivity index (χ3v) is 3.12. The van der Waals surface area contributed by atoms with Crippen molar-refractivity contribution >= 4 is 11.8 Å². The molecule has 2 N–H and O–H groups in total. The molecule has 6 nitrogen and oxygen atoms in total. The Balaban J connectivity index is 2.60. The van der Waals surface area contributed by atoms with E-state index in [1.165, 1.54) is 0 Å². The van der Waals surface area contributed by atoms with Crippen LogP contribution in [-0.4, -0.2) is 29.2 Å². The molecule has 0 saturated carbocycles. The van der Waals surface area contributed by atoms with Crippen molar-refractivity contribution in [2.24, 2.45) is 0 Å². The fourth-order valence-corrected chi connectivity index (χ4v) is 2.18. The molecule has 0 aliphatic rings. The minimum absolute atomic E-state index is 0.123. The summed E-state index contributed by atoms with van der Waals surface area (Å²) in [5.41, 5.74) is 8.01. The van der Waals surface area contributed by atoms with Crippen molar-refractivity contribution in [3.63, 3.8) is 0 Å². The topological polar surface area (TPSA) is 79.4 Å². The maximum Gasteiger partial charge on any atom is 0.360 e. The zero-order chi connectivity index (χ0) is 15.6. The number of nitrogens with zero attached hydrogens (tertiary/aromatic N) is 2. The van der Waals surface area contributed by atoms with Gasteiger partial charge in [-0.05, 0) is 38.5 Å². The zero-order valence-electron chi connectivity index (χ0n) is 12.6. The van der Waals surface area contributed by atoms with E-state index < -0.39 is 5.97 Å². The van der Waals surface area contributed by atoms with Gasteiger partial charge in [0.1, 0.15) is 17.4 Å². The average molecular weight is 289 g/mol. The van der Waals surface area contributed by atoms with E-state index in [4.69, 9.17) is 15.2 Å². The van der Waals surface area contributed by atoms with Gasteiger partial charge < -0.3 is 15.2 Å². The second-order valence-corrected chi connectivity index (χ2v) is 4.62.